The van der Waals surface area contributed by atoms with Crippen molar-refractivity contribution in [3.63, 3.8) is 0 Å². The Hall–Kier alpha value is -13.0. The number of guanidine groups is 2. The minimum absolute atomic E-state index is 0.0132. The third-order valence-electron chi connectivity index (χ3n) is 18.5. The van der Waals surface area contributed by atoms with E-state index in [1.54, 1.807) is 147 Å². The molecule has 0 aliphatic heterocycles. The fourth-order valence-corrected chi connectivity index (χ4v) is 12.4. The molecule has 0 bridgehead atoms. The highest BCUT2D eigenvalue weighted by molar-refractivity contribution is 6.01. The molecule has 34 nitrogen and oxygen atoms in total. The molecule has 12 amide bonds. The van der Waals surface area contributed by atoms with Gasteiger partial charge in [-0.3, -0.25) is 72.3 Å². The van der Waals surface area contributed by atoms with Gasteiger partial charge >= 0.3 is 5.97 Å². The number of hydrogen-bond donors (Lipinski definition) is 19. The summed E-state index contributed by atoms with van der Waals surface area (Å²) in [5, 5.41) is 50.5. The number of fused-ring (bicyclic) bond motifs is 1. The Morgan fingerprint density at radius 1 is 0.426 bits per heavy atom. The molecule has 6 aromatic carbocycles. The van der Waals surface area contributed by atoms with E-state index in [1.807, 2.05) is 19.1 Å². The lowest BCUT2D eigenvalue weighted by molar-refractivity contribution is -0.141. The molecule has 616 valence electrons. The molecule has 0 heterocycles. The summed E-state index contributed by atoms with van der Waals surface area (Å²) in [6.45, 7) is 5.25. The molecule has 0 unspecified atom stereocenters. The van der Waals surface area contributed by atoms with Crippen molar-refractivity contribution in [2.45, 2.75) is 171 Å². The van der Waals surface area contributed by atoms with E-state index in [2.05, 4.69) is 68.5 Å². The number of aromatic hydroxyl groups is 1. The van der Waals surface area contributed by atoms with Gasteiger partial charge in [0.1, 0.15) is 59.6 Å². The van der Waals surface area contributed by atoms with Crippen LogP contribution in [0.2, 0.25) is 0 Å². The minimum atomic E-state index is -1.98. The number of carboxylic acids is 1. The number of primary amides is 1. The Kier molecular flexibility index (Phi) is 36.4. The van der Waals surface area contributed by atoms with Crippen molar-refractivity contribution in [3.8, 4) is 5.75 Å². The van der Waals surface area contributed by atoms with Gasteiger partial charge in [0.2, 0.25) is 70.9 Å². The maximum Gasteiger partial charge on any atom is 0.305 e. The summed E-state index contributed by atoms with van der Waals surface area (Å²) in [4.78, 5) is 192. The summed E-state index contributed by atoms with van der Waals surface area (Å²) in [5.41, 5.74) is 34.9. The molecule has 0 saturated carbocycles. The van der Waals surface area contributed by atoms with E-state index in [1.165, 1.54) is 19.1 Å². The van der Waals surface area contributed by atoms with Crippen molar-refractivity contribution in [1.29, 1.82) is 0 Å². The van der Waals surface area contributed by atoms with E-state index in [9.17, 15) is 53.4 Å². The molecular weight excluding hydrogens is 1480 g/mol. The van der Waals surface area contributed by atoms with Crippen molar-refractivity contribution in [2.24, 2.45) is 50.3 Å². The Bertz CT molecular complexity index is 4360. The lowest BCUT2D eigenvalue weighted by Gasteiger charge is -2.32. The molecular formula is C81H107N19O15. The first kappa shape index (κ1) is 90.9. The molecule has 0 spiro atoms. The molecule has 0 aliphatic carbocycles. The number of carboxylic acid groups (broad SMARTS) is 1. The number of rotatable bonds is 47. The average Bonchev–Trinajstić information content (AvgIpc) is 0.815. The number of phenols is 1. The second-order valence-corrected chi connectivity index (χ2v) is 28.4. The van der Waals surface area contributed by atoms with Crippen LogP contribution in [0.3, 0.4) is 0 Å². The lowest BCUT2D eigenvalue weighted by atomic mass is 9.90. The van der Waals surface area contributed by atoms with E-state index in [-0.39, 0.29) is 95.0 Å². The summed E-state index contributed by atoms with van der Waals surface area (Å²) in [6.07, 6.45) is -1.04. The Labute approximate surface area is 666 Å². The van der Waals surface area contributed by atoms with Crippen LogP contribution in [0.15, 0.2) is 168 Å². The van der Waals surface area contributed by atoms with Gasteiger partial charge in [0.25, 0.3) is 0 Å². The summed E-state index contributed by atoms with van der Waals surface area (Å²) < 4.78 is 0. The van der Waals surface area contributed by atoms with Crippen LogP contribution < -0.4 is 92.9 Å². The zero-order valence-electron chi connectivity index (χ0n) is 64.9. The Balaban J connectivity index is 1.29. The summed E-state index contributed by atoms with van der Waals surface area (Å²) in [5.74, 6) is -13.4. The second-order valence-electron chi connectivity index (χ2n) is 28.4. The van der Waals surface area contributed by atoms with Crippen LogP contribution in [0.5, 0.6) is 5.75 Å². The van der Waals surface area contributed by atoms with E-state index in [0.717, 1.165) is 10.8 Å². The molecule has 0 saturated heterocycles. The van der Waals surface area contributed by atoms with Crippen LogP contribution >= 0.6 is 0 Å². The number of unbranched alkanes of at least 4 members (excludes halogenated alkanes) is 1. The van der Waals surface area contributed by atoms with Crippen LogP contribution in [-0.2, 0) is 94.4 Å². The van der Waals surface area contributed by atoms with E-state index < -0.39 is 162 Å². The summed E-state index contributed by atoms with van der Waals surface area (Å²) in [6, 6.07) is 30.9. The van der Waals surface area contributed by atoms with Gasteiger partial charge in [0.15, 0.2) is 11.9 Å². The van der Waals surface area contributed by atoms with Gasteiger partial charge < -0.3 is 103 Å². The van der Waals surface area contributed by atoms with Gasteiger partial charge in [-0.2, -0.15) is 0 Å². The quantitative estimate of drug-likeness (QED) is 0.0127. The molecule has 0 radical (unpaired) electrons. The molecule has 0 aromatic heterocycles. The van der Waals surface area contributed by atoms with Crippen molar-refractivity contribution in [2.75, 3.05) is 26.2 Å². The molecule has 10 atom stereocenters. The zero-order valence-corrected chi connectivity index (χ0v) is 64.9. The lowest BCUT2D eigenvalue weighted by Crippen LogP contribution is -2.64. The monoisotopic (exact) mass is 1590 g/mol. The number of nitrogens with zero attached hydrogens (tertiary/aromatic N) is 2. The smallest absolute Gasteiger partial charge is 0.305 e. The number of carbonyl (C=O) groups excluding carboxylic acids is 12. The van der Waals surface area contributed by atoms with Crippen LogP contribution in [0, 0.1) is 5.92 Å². The van der Waals surface area contributed by atoms with E-state index in [0.29, 0.717) is 40.7 Å². The largest absolute Gasteiger partial charge is 0.508 e. The summed E-state index contributed by atoms with van der Waals surface area (Å²) >= 11 is 0. The highest BCUT2D eigenvalue weighted by Gasteiger charge is 2.40. The van der Waals surface area contributed by atoms with Crippen molar-refractivity contribution < 1.29 is 72.5 Å². The van der Waals surface area contributed by atoms with Crippen molar-refractivity contribution in [3.05, 3.63) is 186 Å². The maximum atomic E-state index is 15.3. The molecule has 0 fully saturated rings. The fraction of sp³-hybridized carbons (Fsp3) is 0.395. The number of benzene rings is 6. The Morgan fingerprint density at radius 3 is 1.35 bits per heavy atom. The van der Waals surface area contributed by atoms with E-state index in [4.69, 9.17) is 34.4 Å². The molecule has 0 aliphatic rings. The molecule has 115 heavy (non-hydrogen) atoms. The minimum Gasteiger partial charge on any atom is -0.508 e. The van der Waals surface area contributed by atoms with Crippen LogP contribution in [-0.4, -0.2) is 185 Å². The first-order chi connectivity index (χ1) is 54.8. The number of carbonyl (C=O) groups is 13. The van der Waals surface area contributed by atoms with Gasteiger partial charge in [0, 0.05) is 38.8 Å². The SMILES string of the molecule is CCCC[C@H](NC(=O)[C@@H](NC(=O)[C@@H](N)Cc1ccc(O)cc1)C(C)C)C(=O)NCC(=O)N[C@@](C)(Cc1ccccc1)C(=O)N[C@@H](Cc1ccccc1)C(=O)N[C@@H](CCCN=C(N)N)C(=O)N[C@H](Cc1ccc2ccccc2c1)C(=O)N[C@@H](CC(=O)O)C(=O)N[C@@H](CCCN=C(N)N)C(=O)N[C@@H](Cc1ccccc1)C(=O)NCC(N)=O. The van der Waals surface area contributed by atoms with Crippen LogP contribution in [0.1, 0.15) is 107 Å². The standard InChI is InChI=1S/C81H107N19O15/c1-5-6-28-58(94-77(114)68(48(2)3)99-69(106)57(82)40-51-32-35-56(101)36-33-51)70(107)91-47-66(103)100-81(4,45-52-24-14-9-15-25-52)78(115)98-63(42-50-22-12-8-13-23-50)75(112)92-60(30-19-38-89-80(86)87)73(110)96-62(43-53-31-34-54-26-16-17-27-55(54)39-53)74(111)97-64(44-67(104)105)76(113)93-59(29-18-37-88-79(84)85)72(109)95-61(71(108)90-46-65(83)102)41-49-20-10-7-11-21-49/h7-17,20-27,31-36,39,48,57-64,68,101H,5-6,18-19,28-30,37-38,40-47,82H2,1-4H3,(H2,83,102)(H,90,108)(H,91,107)(H,92,112)(H,93,113)(H,94,114)(H,95,109)(H,96,110)(H,97,111)(H,98,115)(H,99,106)(H,100,103)(H,104,105)(H4,84,85,88)(H4,86,87,89)/t57-,58-,59-,60-,61-,62+,63-,64-,68-,81-/m0/s1. The Morgan fingerprint density at radius 2 is 0.835 bits per heavy atom. The number of amides is 12. The molecule has 25 N–H and O–H groups in total. The zero-order chi connectivity index (χ0) is 84.2. The predicted molar refractivity (Wildman–Crippen MR) is 432 cm³/mol. The predicted octanol–water partition coefficient (Wildman–Crippen LogP) is -0.715. The van der Waals surface area contributed by atoms with Gasteiger partial charge in [-0.15, -0.1) is 0 Å². The van der Waals surface area contributed by atoms with Crippen LogP contribution in [0.25, 0.3) is 10.8 Å². The third kappa shape index (κ3) is 31.6. The molecule has 6 aromatic rings. The average molecular weight is 1590 g/mol. The first-order valence-corrected chi connectivity index (χ1v) is 37.8. The van der Waals surface area contributed by atoms with Gasteiger partial charge in [-0.1, -0.05) is 179 Å². The van der Waals surface area contributed by atoms with E-state index >= 15 is 19.2 Å². The van der Waals surface area contributed by atoms with Gasteiger partial charge in [0.05, 0.1) is 25.6 Å². The number of phenolic OH excluding ortho intramolecular Hbond substituents is 1. The first-order valence-electron chi connectivity index (χ1n) is 37.8. The maximum absolute atomic E-state index is 15.3. The van der Waals surface area contributed by atoms with Crippen molar-refractivity contribution in [1.82, 2.24) is 58.5 Å². The third-order valence-corrected chi connectivity index (χ3v) is 18.5. The number of aliphatic carboxylic acids is 1. The van der Waals surface area contributed by atoms with Crippen molar-refractivity contribution >= 4 is 99.5 Å². The summed E-state index contributed by atoms with van der Waals surface area (Å²) in [7, 11) is 0. The molecule has 6 rings (SSSR count). The fourth-order valence-electron chi connectivity index (χ4n) is 12.4. The van der Waals surface area contributed by atoms with Crippen LogP contribution in [0.4, 0.5) is 0 Å². The number of aliphatic imine (C=N–C) groups is 2. The normalized spacial score (nSPS) is 13.9. The van der Waals surface area contributed by atoms with Gasteiger partial charge in [-0.25, -0.2) is 0 Å². The molecule has 34 heteroatoms. The topological polar surface area (TPSA) is 576 Å². The highest BCUT2D eigenvalue weighted by Crippen LogP contribution is 2.21. The second kappa shape index (κ2) is 46.1. The number of nitrogens with one attached hydrogen (secondary N) is 11. The van der Waals surface area contributed by atoms with Gasteiger partial charge in [-0.05, 0) is 102 Å². The number of nitrogens with two attached hydrogens (primary N) is 6. The highest BCUT2D eigenvalue weighted by atomic mass is 16.4. The number of hydrogen-bond acceptors (Lipinski definition) is 17.